The average Bonchev–Trinajstić information content (AvgIpc) is 2.70. The van der Waals surface area contributed by atoms with E-state index in [1.165, 1.54) is 6.07 Å². The summed E-state index contributed by atoms with van der Waals surface area (Å²) in [7, 11) is 0. The summed E-state index contributed by atoms with van der Waals surface area (Å²) in [5, 5.41) is 24.5. The van der Waals surface area contributed by atoms with Crippen LogP contribution in [0.1, 0.15) is 25.0 Å². The van der Waals surface area contributed by atoms with Gasteiger partial charge in [0.2, 0.25) is 0 Å². The molecule has 2 bridgehead atoms. The number of thiocarbonyl (C=S) groups is 1. The molecule has 0 saturated carbocycles. The molecule has 1 fully saturated rings. The van der Waals surface area contributed by atoms with Gasteiger partial charge < -0.3 is 30.0 Å². The van der Waals surface area contributed by atoms with Crippen LogP contribution in [0.4, 0.5) is 11.4 Å². The number of hydrogen-bond donors (Lipinski definition) is 2. The van der Waals surface area contributed by atoms with Crippen LogP contribution in [0.25, 0.3) is 0 Å². The molecule has 9 heteroatoms. The van der Waals surface area contributed by atoms with E-state index in [-0.39, 0.29) is 22.4 Å². The number of rotatable bonds is 4. The Morgan fingerprint density at radius 1 is 1.34 bits per heavy atom. The summed E-state index contributed by atoms with van der Waals surface area (Å²) in [6.45, 7) is 4.41. The summed E-state index contributed by atoms with van der Waals surface area (Å²) in [5.74, 6) is 1.04. The molecule has 0 aliphatic carbocycles. The fourth-order valence-corrected chi connectivity index (χ4v) is 4.55. The molecule has 1 aromatic heterocycles. The molecule has 1 aromatic carbocycles. The Morgan fingerprint density at radius 3 is 2.93 bits per heavy atom. The first-order chi connectivity index (χ1) is 14.0. The fourth-order valence-electron chi connectivity index (χ4n) is 4.29. The Morgan fingerprint density at radius 2 is 2.17 bits per heavy atom. The maximum absolute atomic E-state index is 12.2. The summed E-state index contributed by atoms with van der Waals surface area (Å²) in [6, 6.07) is 10.3. The number of hydrogen-bond acceptors (Lipinski definition) is 6. The molecule has 0 amide bonds. The molecule has 2 aliphatic heterocycles. The van der Waals surface area contributed by atoms with Gasteiger partial charge in [0, 0.05) is 43.4 Å². The number of likely N-dealkylation sites (tertiary alicyclic amines) is 1. The van der Waals surface area contributed by atoms with Gasteiger partial charge in [-0.1, -0.05) is 6.07 Å². The molecule has 2 N–H and O–H groups in total. The molecule has 8 nitrogen and oxygen atoms in total. The number of aromatic nitrogens is 1. The first-order valence-electron chi connectivity index (χ1n) is 9.65. The summed E-state index contributed by atoms with van der Waals surface area (Å²) in [6.07, 6.45) is 1.03. The van der Waals surface area contributed by atoms with Crippen LogP contribution >= 0.6 is 12.2 Å². The summed E-state index contributed by atoms with van der Waals surface area (Å²) >= 11 is 5.60. The Labute approximate surface area is 173 Å². The van der Waals surface area contributed by atoms with Gasteiger partial charge in [-0.05, 0) is 49.7 Å². The maximum atomic E-state index is 12.2. The molecule has 2 aliphatic rings. The number of nitrogens with one attached hydrogen (secondary N) is 1. The molecule has 154 valence electrons. The fraction of sp³-hybridized carbons (Fsp3) is 0.400. The largest absolute Gasteiger partial charge is 0.733 e. The van der Waals surface area contributed by atoms with Crippen LogP contribution in [0, 0.1) is 11.1 Å². The smallest absolute Gasteiger partial charge is 0.250 e. The van der Waals surface area contributed by atoms with Crippen LogP contribution in [-0.4, -0.2) is 39.5 Å². The summed E-state index contributed by atoms with van der Waals surface area (Å²) < 4.78 is 7.26. The molecule has 2 aromatic rings. The molecule has 3 heterocycles. The van der Waals surface area contributed by atoms with Gasteiger partial charge in [-0.15, -0.1) is 0 Å². The number of fused-ring (bicyclic) bond motifs is 4. The maximum Gasteiger partial charge on any atom is 0.250 e. The minimum Gasteiger partial charge on any atom is -0.733 e. The number of ether oxygens (including phenoxy) is 1. The van der Waals surface area contributed by atoms with E-state index in [0.29, 0.717) is 42.2 Å². The minimum absolute atomic E-state index is 0.0346. The highest BCUT2D eigenvalue weighted by atomic mass is 32.1. The van der Waals surface area contributed by atoms with Gasteiger partial charge in [-0.3, -0.25) is 10.0 Å². The van der Waals surface area contributed by atoms with Crippen LogP contribution in [0.2, 0.25) is 0 Å². The molecule has 29 heavy (non-hydrogen) atoms. The molecule has 2 atom stereocenters. The van der Waals surface area contributed by atoms with Crippen LogP contribution < -0.4 is 20.8 Å². The van der Waals surface area contributed by atoms with Crippen molar-refractivity contribution in [2.45, 2.75) is 25.8 Å². The van der Waals surface area contributed by atoms with Crippen molar-refractivity contribution >= 4 is 28.7 Å². The summed E-state index contributed by atoms with van der Waals surface area (Å²) in [4.78, 5) is 14.2. The summed E-state index contributed by atoms with van der Waals surface area (Å²) in [5.41, 5.74) is 1.53. The molecule has 4 rings (SSSR count). The van der Waals surface area contributed by atoms with Crippen LogP contribution in [-0.2, 0) is 6.54 Å². The first kappa shape index (κ1) is 19.7. The van der Waals surface area contributed by atoms with Crippen molar-refractivity contribution in [1.82, 2.24) is 9.47 Å². The van der Waals surface area contributed by atoms with E-state index >= 15 is 0 Å². The predicted molar refractivity (Wildman–Crippen MR) is 115 cm³/mol. The van der Waals surface area contributed by atoms with Gasteiger partial charge in [0.1, 0.15) is 5.75 Å². The lowest BCUT2D eigenvalue weighted by Gasteiger charge is -2.43. The standard InChI is InChI=1S/C20H23N4O4S/c1-2-28-15-6-7-16(18(9-15)24(26)27)21-20(29)22-10-13-8-14(12-22)17-4-3-5-19(25)23(17)11-13/h3-7,9,13-14,26H,2,8,10-12H2,1H3,(H,21,29)/q-1. The van der Waals surface area contributed by atoms with E-state index in [1.807, 2.05) is 17.6 Å². The second-order valence-electron chi connectivity index (χ2n) is 7.42. The Balaban J connectivity index is 1.52. The molecule has 2 unspecified atom stereocenters. The van der Waals surface area contributed by atoms with E-state index < -0.39 is 0 Å². The molecular formula is C20H23N4O4S-. The van der Waals surface area contributed by atoms with Gasteiger partial charge >= 0.3 is 0 Å². The number of nitrogens with zero attached hydrogens (tertiary/aromatic N) is 3. The first-order valence-corrected chi connectivity index (χ1v) is 10.1. The Bertz CT molecular complexity index is 977. The minimum atomic E-state index is -0.193. The van der Waals surface area contributed by atoms with Gasteiger partial charge in [-0.25, -0.2) is 0 Å². The highest BCUT2D eigenvalue weighted by Gasteiger charge is 2.35. The third kappa shape index (κ3) is 3.93. The van der Waals surface area contributed by atoms with Gasteiger partial charge in [0.25, 0.3) is 5.56 Å². The lowest BCUT2D eigenvalue weighted by atomic mass is 9.83. The molecular weight excluding hydrogens is 392 g/mol. The predicted octanol–water partition coefficient (Wildman–Crippen LogP) is 2.76. The number of anilines is 2. The monoisotopic (exact) mass is 415 g/mol. The highest BCUT2D eigenvalue weighted by molar-refractivity contribution is 7.80. The third-order valence-electron chi connectivity index (χ3n) is 5.49. The molecule has 0 spiro atoms. The normalized spacial score (nSPS) is 20.0. The highest BCUT2D eigenvalue weighted by Crippen LogP contribution is 2.36. The van der Waals surface area contributed by atoms with E-state index in [2.05, 4.69) is 10.2 Å². The topological polar surface area (TPSA) is 93.0 Å². The molecule has 0 radical (unpaired) electrons. The van der Waals surface area contributed by atoms with Crippen molar-refractivity contribution in [3.8, 4) is 5.75 Å². The quantitative estimate of drug-likeness (QED) is 0.582. The SMILES string of the molecule is CCOc1ccc(NC(=S)N2CC3CC(C2)c2cccc(=O)n2C3)c(N([O-])O)c1. The molecule has 1 saturated heterocycles. The van der Waals surface area contributed by atoms with Gasteiger partial charge in [0.15, 0.2) is 5.11 Å². The van der Waals surface area contributed by atoms with Crippen LogP contribution in [0.15, 0.2) is 41.2 Å². The van der Waals surface area contributed by atoms with Gasteiger partial charge in [0.05, 0.1) is 18.0 Å². The van der Waals surface area contributed by atoms with Crippen molar-refractivity contribution in [1.29, 1.82) is 0 Å². The van der Waals surface area contributed by atoms with E-state index in [1.54, 1.807) is 24.3 Å². The number of piperidine rings is 1. The zero-order valence-corrected chi connectivity index (χ0v) is 16.9. The lowest BCUT2D eigenvalue weighted by molar-refractivity contribution is 0.180. The van der Waals surface area contributed by atoms with Gasteiger partial charge in [-0.2, -0.15) is 0 Å². The van der Waals surface area contributed by atoms with E-state index in [4.69, 9.17) is 17.0 Å². The van der Waals surface area contributed by atoms with E-state index in [0.717, 1.165) is 18.7 Å². The van der Waals surface area contributed by atoms with Crippen molar-refractivity contribution in [2.24, 2.45) is 5.92 Å². The number of pyridine rings is 1. The Kier molecular flexibility index (Phi) is 5.44. The second kappa shape index (κ2) is 8.02. The van der Waals surface area contributed by atoms with Crippen LogP contribution in [0.5, 0.6) is 5.75 Å². The zero-order valence-electron chi connectivity index (χ0n) is 16.1. The van der Waals surface area contributed by atoms with Crippen molar-refractivity contribution in [3.63, 3.8) is 0 Å². The lowest BCUT2D eigenvalue weighted by Crippen LogP contribution is -2.50. The van der Waals surface area contributed by atoms with Crippen molar-refractivity contribution in [2.75, 3.05) is 30.2 Å². The third-order valence-corrected chi connectivity index (χ3v) is 5.86. The van der Waals surface area contributed by atoms with E-state index in [9.17, 15) is 15.2 Å². The van der Waals surface area contributed by atoms with Crippen molar-refractivity contribution < 1.29 is 9.94 Å². The van der Waals surface area contributed by atoms with Crippen molar-refractivity contribution in [3.05, 3.63) is 57.7 Å². The Hall–Kier alpha value is -2.62. The second-order valence-corrected chi connectivity index (χ2v) is 7.80. The average molecular weight is 415 g/mol. The number of benzene rings is 1. The van der Waals surface area contributed by atoms with Crippen LogP contribution in [0.3, 0.4) is 0 Å². The zero-order chi connectivity index (χ0) is 20.5.